The molecule has 0 bridgehead atoms. The van der Waals surface area contributed by atoms with E-state index in [0.717, 1.165) is 0 Å². The lowest BCUT2D eigenvalue weighted by atomic mass is 10.2. The number of imide groups is 1. The number of aromatic nitrogens is 3. The van der Waals surface area contributed by atoms with Crippen LogP contribution in [0, 0.1) is 0 Å². The largest absolute Gasteiger partial charge is 0.399 e. The predicted molar refractivity (Wildman–Crippen MR) is 76.5 cm³/mol. The summed E-state index contributed by atoms with van der Waals surface area (Å²) in [4.78, 5) is 28.0. The quantitative estimate of drug-likeness (QED) is 0.481. The summed E-state index contributed by atoms with van der Waals surface area (Å²) in [5.74, 6) is -1.10. The van der Waals surface area contributed by atoms with Gasteiger partial charge in [0.15, 0.2) is 5.69 Å². The first-order valence-electron chi connectivity index (χ1n) is 6.14. The minimum atomic E-state index is -0.587. The molecule has 104 valence electrons. The summed E-state index contributed by atoms with van der Waals surface area (Å²) >= 11 is 0. The van der Waals surface area contributed by atoms with E-state index in [2.05, 4.69) is 20.5 Å². The van der Waals surface area contributed by atoms with Crippen LogP contribution >= 0.6 is 0 Å². The molecule has 4 N–H and O–H groups in total. The van der Waals surface area contributed by atoms with Gasteiger partial charge in [-0.05, 0) is 30.3 Å². The standard InChI is InChI=1S/C14H11N5O2/c15-9-3-1-8(2-4-9)13(20)17-14(21)12-10-7-16-6-5-11(10)18-19-12/h1-7H,15H2,(H,18,19)(H,17,20,21). The Kier molecular flexibility index (Phi) is 3.07. The van der Waals surface area contributed by atoms with E-state index in [0.29, 0.717) is 22.2 Å². The van der Waals surface area contributed by atoms with Crippen LogP contribution in [-0.2, 0) is 0 Å². The number of fused-ring (bicyclic) bond motifs is 1. The summed E-state index contributed by atoms with van der Waals surface area (Å²) in [6.45, 7) is 0. The normalized spacial score (nSPS) is 10.5. The molecule has 2 amide bonds. The van der Waals surface area contributed by atoms with E-state index < -0.39 is 11.8 Å². The Bertz CT molecular complexity index is 823. The molecule has 0 unspecified atom stereocenters. The number of aromatic amines is 1. The van der Waals surface area contributed by atoms with E-state index in [1.165, 1.54) is 6.20 Å². The van der Waals surface area contributed by atoms with Crippen molar-refractivity contribution in [3.05, 3.63) is 54.0 Å². The van der Waals surface area contributed by atoms with Crippen molar-refractivity contribution in [2.24, 2.45) is 0 Å². The van der Waals surface area contributed by atoms with Gasteiger partial charge < -0.3 is 5.73 Å². The number of benzene rings is 1. The van der Waals surface area contributed by atoms with Gasteiger partial charge >= 0.3 is 0 Å². The topological polar surface area (TPSA) is 114 Å². The molecule has 1 aromatic carbocycles. The summed E-state index contributed by atoms with van der Waals surface area (Å²) in [6.07, 6.45) is 3.10. The first-order valence-corrected chi connectivity index (χ1v) is 6.14. The molecule has 0 radical (unpaired) electrons. The Morgan fingerprint density at radius 2 is 1.86 bits per heavy atom. The van der Waals surface area contributed by atoms with Gasteiger partial charge in [-0.1, -0.05) is 0 Å². The maximum atomic E-state index is 12.1. The van der Waals surface area contributed by atoms with Crippen LogP contribution in [0.2, 0.25) is 0 Å². The van der Waals surface area contributed by atoms with Gasteiger partial charge in [0.05, 0.1) is 10.9 Å². The molecule has 3 aromatic rings. The lowest BCUT2D eigenvalue weighted by molar-refractivity contribution is 0.0847. The van der Waals surface area contributed by atoms with Crippen molar-refractivity contribution in [2.45, 2.75) is 0 Å². The number of rotatable bonds is 2. The maximum Gasteiger partial charge on any atom is 0.279 e. The van der Waals surface area contributed by atoms with Gasteiger partial charge in [0.1, 0.15) is 0 Å². The fourth-order valence-corrected chi connectivity index (χ4v) is 1.90. The number of pyridine rings is 1. The molecule has 0 aliphatic carbocycles. The second-order valence-corrected chi connectivity index (χ2v) is 4.40. The molecule has 0 saturated carbocycles. The smallest absolute Gasteiger partial charge is 0.279 e. The molecule has 7 nitrogen and oxygen atoms in total. The third kappa shape index (κ3) is 2.44. The van der Waals surface area contributed by atoms with Crippen LogP contribution in [0.15, 0.2) is 42.7 Å². The monoisotopic (exact) mass is 281 g/mol. The minimum Gasteiger partial charge on any atom is -0.399 e. The van der Waals surface area contributed by atoms with Gasteiger partial charge in [0.2, 0.25) is 0 Å². The lowest BCUT2D eigenvalue weighted by Gasteiger charge is -2.03. The highest BCUT2D eigenvalue weighted by molar-refractivity contribution is 6.13. The first kappa shape index (κ1) is 12.8. The van der Waals surface area contributed by atoms with Crippen LogP contribution in [0.4, 0.5) is 5.69 Å². The SMILES string of the molecule is Nc1ccc(C(=O)NC(=O)c2n[nH]c3ccncc23)cc1. The highest BCUT2D eigenvalue weighted by atomic mass is 16.2. The minimum absolute atomic E-state index is 0.127. The van der Waals surface area contributed by atoms with Gasteiger partial charge in [0.25, 0.3) is 11.8 Å². The van der Waals surface area contributed by atoms with E-state index in [1.54, 1.807) is 36.5 Å². The van der Waals surface area contributed by atoms with E-state index in [-0.39, 0.29) is 5.69 Å². The highest BCUT2D eigenvalue weighted by Gasteiger charge is 2.17. The van der Waals surface area contributed by atoms with E-state index >= 15 is 0 Å². The number of nitrogen functional groups attached to an aromatic ring is 1. The molecule has 3 rings (SSSR count). The number of anilines is 1. The maximum absolute atomic E-state index is 12.1. The average molecular weight is 281 g/mol. The Morgan fingerprint density at radius 1 is 1.10 bits per heavy atom. The van der Waals surface area contributed by atoms with Crippen LogP contribution in [-0.4, -0.2) is 27.0 Å². The molecule has 0 fully saturated rings. The summed E-state index contributed by atoms with van der Waals surface area (Å²) in [7, 11) is 0. The Morgan fingerprint density at radius 3 is 2.62 bits per heavy atom. The van der Waals surface area contributed by atoms with Gasteiger partial charge in [-0.15, -0.1) is 0 Å². The molecule has 21 heavy (non-hydrogen) atoms. The van der Waals surface area contributed by atoms with Crippen molar-refractivity contribution < 1.29 is 9.59 Å². The van der Waals surface area contributed by atoms with Crippen LogP contribution in [0.3, 0.4) is 0 Å². The number of hydrogen-bond acceptors (Lipinski definition) is 5. The number of hydrogen-bond donors (Lipinski definition) is 3. The van der Waals surface area contributed by atoms with Gasteiger partial charge in [0, 0.05) is 23.6 Å². The fraction of sp³-hybridized carbons (Fsp3) is 0. The molecule has 0 aliphatic heterocycles. The Labute approximate surface area is 119 Å². The third-order valence-electron chi connectivity index (χ3n) is 2.98. The van der Waals surface area contributed by atoms with Gasteiger partial charge in [-0.25, -0.2) is 0 Å². The zero-order valence-electron chi connectivity index (χ0n) is 10.8. The first-order chi connectivity index (χ1) is 10.1. The summed E-state index contributed by atoms with van der Waals surface area (Å²) in [6, 6.07) is 7.96. The number of nitrogens with zero attached hydrogens (tertiary/aromatic N) is 2. The van der Waals surface area contributed by atoms with Crippen molar-refractivity contribution in [2.75, 3.05) is 5.73 Å². The molecule has 0 saturated heterocycles. The van der Waals surface area contributed by atoms with Crippen LogP contribution in [0.5, 0.6) is 0 Å². The van der Waals surface area contributed by atoms with Crippen molar-refractivity contribution in [3.8, 4) is 0 Å². The molecule has 0 aliphatic rings. The number of nitrogens with one attached hydrogen (secondary N) is 2. The molecule has 0 spiro atoms. The second kappa shape index (κ2) is 5.04. The van der Waals surface area contributed by atoms with Crippen molar-refractivity contribution in [1.82, 2.24) is 20.5 Å². The molecular formula is C14H11N5O2. The van der Waals surface area contributed by atoms with Crippen LogP contribution < -0.4 is 11.1 Å². The number of amides is 2. The lowest BCUT2D eigenvalue weighted by Crippen LogP contribution is -2.30. The van der Waals surface area contributed by atoms with Crippen molar-refractivity contribution in [1.29, 1.82) is 0 Å². The summed E-state index contributed by atoms with van der Waals surface area (Å²) in [5, 5.41) is 9.45. The van der Waals surface area contributed by atoms with Crippen molar-refractivity contribution >= 4 is 28.4 Å². The molecule has 2 aromatic heterocycles. The van der Waals surface area contributed by atoms with E-state index in [1.807, 2.05) is 0 Å². The van der Waals surface area contributed by atoms with E-state index in [9.17, 15) is 9.59 Å². The second-order valence-electron chi connectivity index (χ2n) is 4.40. The number of carbonyl (C=O) groups is 2. The predicted octanol–water partition coefficient (Wildman–Crippen LogP) is 1.11. The fourth-order valence-electron chi connectivity index (χ4n) is 1.90. The molecule has 7 heteroatoms. The van der Waals surface area contributed by atoms with Gasteiger partial charge in [-0.3, -0.25) is 25.0 Å². The van der Waals surface area contributed by atoms with Gasteiger partial charge in [-0.2, -0.15) is 5.10 Å². The summed E-state index contributed by atoms with van der Waals surface area (Å²) < 4.78 is 0. The number of carbonyl (C=O) groups excluding carboxylic acids is 2. The molecular weight excluding hydrogens is 270 g/mol. The van der Waals surface area contributed by atoms with Crippen molar-refractivity contribution in [3.63, 3.8) is 0 Å². The van der Waals surface area contributed by atoms with Crippen LogP contribution in [0.1, 0.15) is 20.8 Å². The number of nitrogens with two attached hydrogens (primary N) is 1. The zero-order chi connectivity index (χ0) is 14.8. The third-order valence-corrected chi connectivity index (χ3v) is 2.98. The summed E-state index contributed by atoms with van der Waals surface area (Å²) in [5.41, 5.74) is 7.24. The zero-order valence-corrected chi connectivity index (χ0v) is 10.8. The number of H-pyrrole nitrogens is 1. The Balaban J connectivity index is 1.83. The Hall–Kier alpha value is -3.22. The average Bonchev–Trinajstić information content (AvgIpc) is 2.92. The van der Waals surface area contributed by atoms with Crippen LogP contribution in [0.25, 0.3) is 10.9 Å². The molecule has 0 atom stereocenters. The highest BCUT2D eigenvalue weighted by Crippen LogP contribution is 2.13. The molecule has 2 heterocycles. The van der Waals surface area contributed by atoms with E-state index in [4.69, 9.17) is 5.73 Å².